The van der Waals surface area contributed by atoms with Gasteiger partial charge in [-0.05, 0) is 30.7 Å². The second-order valence-corrected chi connectivity index (χ2v) is 12.0. The summed E-state index contributed by atoms with van der Waals surface area (Å²) in [5.41, 5.74) is 6.36. The normalized spacial score (nSPS) is 11.3. The van der Waals surface area contributed by atoms with Crippen LogP contribution < -0.4 is 10.5 Å². The number of unbranched alkanes of at least 4 members (excludes halogenated alkanes) is 14. The van der Waals surface area contributed by atoms with Crippen LogP contribution in [-0.2, 0) is 38.0 Å². The van der Waals surface area contributed by atoms with E-state index in [4.69, 9.17) is 43.6 Å². The van der Waals surface area contributed by atoms with Gasteiger partial charge in [0.2, 0.25) is 0 Å². The summed E-state index contributed by atoms with van der Waals surface area (Å²) >= 11 is 0. The molecule has 1 aromatic carbocycles. The first kappa shape index (κ1) is 44.1. The van der Waals surface area contributed by atoms with Crippen LogP contribution in [0.15, 0.2) is 24.3 Å². The average molecular weight is 684 g/mol. The Morgan fingerprint density at radius 3 is 1.19 bits per heavy atom. The quantitative estimate of drug-likeness (QED) is 0.0425. The largest absolute Gasteiger partial charge is 0.491 e. The van der Waals surface area contributed by atoms with Crippen molar-refractivity contribution in [2.75, 3.05) is 98.2 Å². The summed E-state index contributed by atoms with van der Waals surface area (Å²) in [5.74, 6) is 0.645. The number of hydrogen-bond acceptors (Lipinski definition) is 10. The predicted octanol–water partition coefficient (Wildman–Crippen LogP) is 7.55. The number of nitrogens with two attached hydrogens (primary N) is 1. The molecule has 0 amide bonds. The van der Waals surface area contributed by atoms with Gasteiger partial charge >= 0.3 is 5.97 Å². The predicted molar refractivity (Wildman–Crippen MR) is 192 cm³/mol. The van der Waals surface area contributed by atoms with Crippen LogP contribution in [0.4, 0.5) is 5.69 Å². The summed E-state index contributed by atoms with van der Waals surface area (Å²) in [6.45, 7) is 8.88. The van der Waals surface area contributed by atoms with Crippen LogP contribution in [0.1, 0.15) is 110 Å². The molecule has 0 atom stereocenters. The number of esters is 1. The van der Waals surface area contributed by atoms with Crippen molar-refractivity contribution in [1.29, 1.82) is 0 Å². The maximum atomic E-state index is 11.9. The highest BCUT2D eigenvalue weighted by molar-refractivity contribution is 5.69. The lowest BCUT2D eigenvalue weighted by Crippen LogP contribution is -2.15. The molecule has 0 spiro atoms. The van der Waals surface area contributed by atoms with Crippen molar-refractivity contribution in [3.63, 3.8) is 0 Å². The Balaban J connectivity index is 1.66. The molecule has 0 bridgehead atoms. The summed E-state index contributed by atoms with van der Waals surface area (Å²) < 4.78 is 43.7. The van der Waals surface area contributed by atoms with Gasteiger partial charge in [-0.2, -0.15) is 0 Å². The summed E-state index contributed by atoms with van der Waals surface area (Å²) in [5, 5.41) is 0. The van der Waals surface area contributed by atoms with E-state index >= 15 is 0 Å². The summed E-state index contributed by atoms with van der Waals surface area (Å²) in [6.07, 6.45) is 20.3. The lowest BCUT2D eigenvalue weighted by atomic mass is 10.0. The highest BCUT2D eigenvalue weighted by atomic mass is 16.6. The van der Waals surface area contributed by atoms with Crippen LogP contribution in [0, 0.1) is 0 Å². The van der Waals surface area contributed by atoms with Gasteiger partial charge in [-0.3, -0.25) is 4.79 Å². The molecule has 0 aromatic heterocycles. The van der Waals surface area contributed by atoms with E-state index in [-0.39, 0.29) is 5.97 Å². The molecule has 0 saturated heterocycles. The number of carbonyl (C=O) groups is 1. The molecule has 1 rings (SSSR count). The van der Waals surface area contributed by atoms with Crippen LogP contribution in [0.2, 0.25) is 0 Å². The number of rotatable bonds is 38. The fourth-order valence-corrected chi connectivity index (χ4v) is 4.91. The van der Waals surface area contributed by atoms with Crippen molar-refractivity contribution < 1.29 is 42.7 Å². The Labute approximate surface area is 292 Å². The Morgan fingerprint density at radius 2 is 0.792 bits per heavy atom. The van der Waals surface area contributed by atoms with Crippen LogP contribution in [0.5, 0.6) is 5.75 Å². The second-order valence-electron chi connectivity index (χ2n) is 12.0. The van der Waals surface area contributed by atoms with Crippen LogP contribution in [0.3, 0.4) is 0 Å². The third kappa shape index (κ3) is 32.6. The number of hydrogen-bond donors (Lipinski definition) is 1. The van der Waals surface area contributed by atoms with Gasteiger partial charge in [0, 0.05) is 12.1 Å². The Morgan fingerprint density at radius 1 is 0.458 bits per heavy atom. The van der Waals surface area contributed by atoms with Gasteiger partial charge in [-0.25, -0.2) is 0 Å². The zero-order valence-electron chi connectivity index (χ0n) is 30.3. The van der Waals surface area contributed by atoms with E-state index < -0.39 is 0 Å². The minimum atomic E-state index is -0.128. The fourth-order valence-electron chi connectivity index (χ4n) is 4.91. The summed E-state index contributed by atoms with van der Waals surface area (Å²) in [7, 11) is 0. The van der Waals surface area contributed by atoms with E-state index in [1.54, 1.807) is 12.1 Å². The van der Waals surface area contributed by atoms with Gasteiger partial charge in [0.1, 0.15) is 19.0 Å². The SMILES string of the molecule is CCCCCCCCCCCCCCCCCC(=O)OCCOCCOCCOCCOCCOCCOCCOc1ccc(N)cc1. The number of ether oxygens (including phenoxy) is 8. The number of anilines is 1. The van der Waals surface area contributed by atoms with Gasteiger partial charge in [-0.15, -0.1) is 0 Å². The molecule has 1 aromatic rings. The van der Waals surface area contributed by atoms with E-state index in [2.05, 4.69) is 6.92 Å². The van der Waals surface area contributed by atoms with E-state index in [1.165, 1.54) is 83.5 Å². The molecule has 2 N–H and O–H groups in total. The van der Waals surface area contributed by atoms with E-state index in [0.717, 1.165) is 18.6 Å². The summed E-state index contributed by atoms with van der Waals surface area (Å²) in [4.78, 5) is 11.9. The molecule has 280 valence electrons. The van der Waals surface area contributed by atoms with E-state index in [0.29, 0.717) is 105 Å². The average Bonchev–Trinajstić information content (AvgIpc) is 3.09. The maximum absolute atomic E-state index is 11.9. The smallest absolute Gasteiger partial charge is 0.305 e. The Bertz CT molecular complexity index is 797. The molecule has 0 saturated carbocycles. The number of carbonyl (C=O) groups excluding carboxylic acids is 1. The molecule has 0 aliphatic rings. The second kappa shape index (κ2) is 36.3. The van der Waals surface area contributed by atoms with Crippen LogP contribution >= 0.6 is 0 Å². The van der Waals surface area contributed by atoms with Crippen molar-refractivity contribution >= 4 is 11.7 Å². The topological polar surface area (TPSA) is 117 Å². The first-order valence-corrected chi connectivity index (χ1v) is 18.8. The van der Waals surface area contributed by atoms with Gasteiger partial charge < -0.3 is 43.6 Å². The van der Waals surface area contributed by atoms with Crippen molar-refractivity contribution in [2.45, 2.75) is 110 Å². The molecule has 10 nitrogen and oxygen atoms in total. The van der Waals surface area contributed by atoms with Crippen molar-refractivity contribution in [3.05, 3.63) is 24.3 Å². The molecule has 0 radical (unpaired) electrons. The summed E-state index contributed by atoms with van der Waals surface area (Å²) in [6, 6.07) is 7.27. The lowest BCUT2D eigenvalue weighted by molar-refractivity contribution is -0.145. The highest BCUT2D eigenvalue weighted by Gasteiger charge is 2.03. The minimum Gasteiger partial charge on any atom is -0.491 e. The van der Waals surface area contributed by atoms with Crippen molar-refractivity contribution in [2.24, 2.45) is 0 Å². The van der Waals surface area contributed by atoms with Gasteiger partial charge in [-0.1, -0.05) is 96.8 Å². The third-order valence-electron chi connectivity index (χ3n) is 7.71. The van der Waals surface area contributed by atoms with Gasteiger partial charge in [0.25, 0.3) is 0 Å². The number of benzene rings is 1. The lowest BCUT2D eigenvalue weighted by Gasteiger charge is -2.09. The fraction of sp³-hybridized carbons (Fsp3) is 0.816. The first-order valence-electron chi connectivity index (χ1n) is 18.8. The van der Waals surface area contributed by atoms with Crippen LogP contribution in [-0.4, -0.2) is 98.5 Å². The van der Waals surface area contributed by atoms with Crippen LogP contribution in [0.25, 0.3) is 0 Å². The third-order valence-corrected chi connectivity index (χ3v) is 7.71. The standard InChI is InChI=1S/C38H69NO9/c1-2-3-4-5-6-7-8-9-10-11-12-13-14-15-16-17-38(40)48-35-33-46-31-29-44-27-25-42-23-22-41-24-26-43-28-30-45-32-34-47-37-20-18-36(39)19-21-37/h18-21H,2-17,22-35,39H2,1H3. The Kier molecular flexibility index (Phi) is 33.4. The first-order chi connectivity index (χ1) is 23.7. The maximum Gasteiger partial charge on any atom is 0.305 e. The molecule has 48 heavy (non-hydrogen) atoms. The zero-order chi connectivity index (χ0) is 34.4. The van der Waals surface area contributed by atoms with E-state index in [1.807, 2.05) is 12.1 Å². The van der Waals surface area contributed by atoms with Crippen molar-refractivity contribution in [1.82, 2.24) is 0 Å². The monoisotopic (exact) mass is 683 g/mol. The molecule has 10 heteroatoms. The molecule has 0 aliphatic heterocycles. The minimum absolute atomic E-state index is 0.128. The molecule has 0 aliphatic carbocycles. The highest BCUT2D eigenvalue weighted by Crippen LogP contribution is 2.14. The van der Waals surface area contributed by atoms with Gasteiger partial charge in [0.05, 0.1) is 79.3 Å². The molecule has 0 heterocycles. The molecular weight excluding hydrogens is 614 g/mol. The zero-order valence-corrected chi connectivity index (χ0v) is 30.3. The number of nitrogen functional groups attached to an aromatic ring is 1. The Hall–Kier alpha value is -1.95. The van der Waals surface area contributed by atoms with Gasteiger partial charge in [0.15, 0.2) is 0 Å². The molecular formula is C38H69NO9. The van der Waals surface area contributed by atoms with E-state index in [9.17, 15) is 4.79 Å². The molecule has 0 unspecified atom stereocenters. The van der Waals surface area contributed by atoms with Crippen molar-refractivity contribution in [3.8, 4) is 5.75 Å². The molecule has 0 fully saturated rings.